The Morgan fingerprint density at radius 2 is 2.07 bits per heavy atom. The maximum Gasteiger partial charge on any atom is 0.263 e. The summed E-state index contributed by atoms with van der Waals surface area (Å²) in [7, 11) is 2.14. The normalized spacial score (nSPS) is 16.1. The Bertz CT molecular complexity index is 973. The molecule has 0 spiro atoms. The molecule has 1 fully saturated rings. The summed E-state index contributed by atoms with van der Waals surface area (Å²) in [6.07, 6.45) is 7.84. The number of piperazine rings is 1. The first-order valence-electron chi connectivity index (χ1n) is 10.9. The van der Waals surface area contributed by atoms with E-state index in [4.69, 9.17) is 0 Å². The van der Waals surface area contributed by atoms with Crippen LogP contribution in [0.1, 0.15) is 41.4 Å². The molecule has 0 bridgehead atoms. The van der Waals surface area contributed by atoms with Crippen LogP contribution in [0.3, 0.4) is 0 Å². The summed E-state index contributed by atoms with van der Waals surface area (Å²) in [5.74, 6) is -0.00572. The number of carbonyl (C=O) groups excluding carboxylic acids is 1. The van der Waals surface area contributed by atoms with Crippen molar-refractivity contribution in [3.8, 4) is 0 Å². The lowest BCUT2D eigenvalue weighted by molar-refractivity contribution is 0.0938. The molecule has 6 nitrogen and oxygen atoms in total. The number of para-hydroxylation sites is 1. The Morgan fingerprint density at radius 3 is 2.87 bits per heavy atom. The molecule has 1 amide bonds. The third-order valence-electron chi connectivity index (χ3n) is 5.87. The van der Waals surface area contributed by atoms with Crippen LogP contribution in [0.5, 0.6) is 0 Å². The van der Waals surface area contributed by atoms with Gasteiger partial charge in [0.05, 0.1) is 6.20 Å². The van der Waals surface area contributed by atoms with Gasteiger partial charge in [0.2, 0.25) is 0 Å². The number of aromatic amines is 1. The van der Waals surface area contributed by atoms with E-state index in [1.165, 1.54) is 22.3 Å². The minimum atomic E-state index is -0.00572. The zero-order valence-electron chi connectivity index (χ0n) is 17.9. The number of H-pyrrole nitrogens is 1. The van der Waals surface area contributed by atoms with Crippen molar-refractivity contribution in [2.75, 3.05) is 38.1 Å². The van der Waals surface area contributed by atoms with Crippen LogP contribution in [0.15, 0.2) is 36.7 Å². The Morgan fingerprint density at radius 1 is 1.27 bits per heavy atom. The predicted molar refractivity (Wildman–Crippen MR) is 125 cm³/mol. The Balaban J connectivity index is 1.43. The number of aromatic nitrogens is 2. The summed E-state index contributed by atoms with van der Waals surface area (Å²) in [5, 5.41) is 5.48. The number of carbonyl (C=O) groups is 1. The van der Waals surface area contributed by atoms with Gasteiger partial charge in [0.15, 0.2) is 5.13 Å². The van der Waals surface area contributed by atoms with Gasteiger partial charge in [0.25, 0.3) is 5.91 Å². The first-order chi connectivity index (χ1) is 14.6. The second kappa shape index (κ2) is 9.62. The lowest BCUT2D eigenvalue weighted by Crippen LogP contribution is -2.44. The molecule has 4 rings (SSSR count). The van der Waals surface area contributed by atoms with Crippen LogP contribution in [-0.2, 0) is 6.42 Å². The predicted octanol–water partition coefficient (Wildman–Crippen LogP) is 3.91. The summed E-state index contributed by atoms with van der Waals surface area (Å²) >= 11 is 1.50. The maximum absolute atomic E-state index is 13.0. The Kier molecular flexibility index (Phi) is 6.69. The van der Waals surface area contributed by atoms with Crippen LogP contribution in [0, 0.1) is 0 Å². The number of nitrogens with zero attached hydrogens (tertiary/aromatic N) is 3. The van der Waals surface area contributed by atoms with Crippen LogP contribution in [-0.4, -0.2) is 60.0 Å². The third-order valence-corrected chi connectivity index (χ3v) is 6.93. The molecule has 2 N–H and O–H groups in total. The highest BCUT2D eigenvalue weighted by molar-refractivity contribution is 7.17. The van der Waals surface area contributed by atoms with Crippen LogP contribution in [0.4, 0.5) is 5.13 Å². The molecule has 0 saturated carbocycles. The summed E-state index contributed by atoms with van der Waals surface area (Å²) < 4.78 is 0. The minimum Gasteiger partial charge on any atom is -0.361 e. The SMILES string of the molecule is CCCC[C@@H](Cc1c[nH]c2ccccc12)NC(=O)c1cnc(N2CCN(C)CC2)s1. The quantitative estimate of drug-likeness (QED) is 0.574. The molecule has 160 valence electrons. The first-order valence-corrected chi connectivity index (χ1v) is 11.7. The van der Waals surface area contributed by atoms with E-state index in [0.717, 1.165) is 62.5 Å². The number of anilines is 1. The van der Waals surface area contributed by atoms with E-state index >= 15 is 0 Å². The average Bonchev–Trinajstić information content (AvgIpc) is 3.40. The highest BCUT2D eigenvalue weighted by Crippen LogP contribution is 2.24. The van der Waals surface area contributed by atoms with Gasteiger partial charge in [-0.25, -0.2) is 4.98 Å². The van der Waals surface area contributed by atoms with Crippen molar-refractivity contribution in [2.45, 2.75) is 38.6 Å². The molecule has 0 aliphatic carbocycles. The Hall–Kier alpha value is -2.38. The first kappa shape index (κ1) is 20.9. The second-order valence-electron chi connectivity index (χ2n) is 8.17. The summed E-state index contributed by atoms with van der Waals surface area (Å²) in [5.41, 5.74) is 2.40. The van der Waals surface area contributed by atoms with Crippen molar-refractivity contribution in [3.05, 3.63) is 47.1 Å². The summed E-state index contributed by atoms with van der Waals surface area (Å²) in [4.78, 5) is 26.2. The van der Waals surface area contributed by atoms with Crippen molar-refractivity contribution in [2.24, 2.45) is 0 Å². The number of amides is 1. The lowest BCUT2D eigenvalue weighted by atomic mass is 10.0. The number of rotatable bonds is 8. The van der Waals surface area contributed by atoms with E-state index in [9.17, 15) is 4.79 Å². The second-order valence-corrected chi connectivity index (χ2v) is 9.18. The van der Waals surface area contributed by atoms with Gasteiger partial charge in [-0.1, -0.05) is 49.3 Å². The van der Waals surface area contributed by atoms with Gasteiger partial charge in [-0.3, -0.25) is 4.79 Å². The molecule has 0 unspecified atom stereocenters. The molecular weight excluding hydrogens is 394 g/mol. The van der Waals surface area contributed by atoms with Crippen LogP contribution in [0.25, 0.3) is 10.9 Å². The molecule has 2 aromatic heterocycles. The molecule has 7 heteroatoms. The number of nitrogens with one attached hydrogen (secondary N) is 2. The fraction of sp³-hybridized carbons (Fsp3) is 0.478. The highest BCUT2D eigenvalue weighted by Gasteiger charge is 2.21. The van der Waals surface area contributed by atoms with Gasteiger partial charge in [0.1, 0.15) is 4.88 Å². The standard InChI is InChI=1S/C23H31N5OS/c1-3-4-7-18(14-17-15-24-20-9-6-5-8-19(17)20)26-22(29)21-16-25-23(30-21)28-12-10-27(2)11-13-28/h5-6,8-9,15-16,18,24H,3-4,7,10-14H2,1-2H3,(H,26,29)/t18-/m0/s1. The van der Waals surface area contributed by atoms with Crippen molar-refractivity contribution < 1.29 is 4.79 Å². The van der Waals surface area contributed by atoms with Gasteiger partial charge in [0, 0.05) is 49.3 Å². The van der Waals surface area contributed by atoms with E-state index in [1.807, 2.05) is 6.07 Å². The van der Waals surface area contributed by atoms with Crippen LogP contribution in [0.2, 0.25) is 0 Å². The maximum atomic E-state index is 13.0. The molecule has 1 aliphatic heterocycles. The number of likely N-dealkylation sites (N-methyl/N-ethyl adjacent to an activating group) is 1. The summed E-state index contributed by atoms with van der Waals surface area (Å²) in [6.45, 7) is 6.18. The smallest absolute Gasteiger partial charge is 0.263 e. The van der Waals surface area contributed by atoms with E-state index in [-0.39, 0.29) is 11.9 Å². The van der Waals surface area contributed by atoms with Gasteiger partial charge in [-0.2, -0.15) is 0 Å². The number of benzene rings is 1. The average molecular weight is 426 g/mol. The molecule has 1 saturated heterocycles. The summed E-state index contributed by atoms with van der Waals surface area (Å²) in [6, 6.07) is 8.46. The van der Waals surface area contributed by atoms with E-state index < -0.39 is 0 Å². The van der Waals surface area contributed by atoms with Crippen molar-refractivity contribution in [1.82, 2.24) is 20.2 Å². The molecule has 30 heavy (non-hydrogen) atoms. The molecule has 1 aliphatic rings. The zero-order valence-corrected chi connectivity index (χ0v) is 18.7. The van der Waals surface area contributed by atoms with Gasteiger partial charge < -0.3 is 20.1 Å². The van der Waals surface area contributed by atoms with Crippen LogP contribution >= 0.6 is 11.3 Å². The van der Waals surface area contributed by atoms with Gasteiger partial charge >= 0.3 is 0 Å². The largest absolute Gasteiger partial charge is 0.361 e. The molecule has 3 heterocycles. The fourth-order valence-corrected chi connectivity index (χ4v) is 4.88. The van der Waals surface area contributed by atoms with E-state index in [0.29, 0.717) is 4.88 Å². The lowest BCUT2D eigenvalue weighted by Gasteiger charge is -2.32. The molecular formula is C23H31N5OS. The van der Waals surface area contributed by atoms with Crippen molar-refractivity contribution in [3.63, 3.8) is 0 Å². The highest BCUT2D eigenvalue weighted by atomic mass is 32.1. The Labute approximate surface area is 182 Å². The number of thiazole rings is 1. The minimum absolute atomic E-state index is 0.00572. The number of hydrogen-bond acceptors (Lipinski definition) is 5. The van der Waals surface area contributed by atoms with E-state index in [1.54, 1.807) is 6.20 Å². The fourth-order valence-electron chi connectivity index (χ4n) is 4.01. The van der Waals surface area contributed by atoms with Gasteiger partial charge in [-0.15, -0.1) is 0 Å². The number of hydrogen-bond donors (Lipinski definition) is 2. The topological polar surface area (TPSA) is 64.3 Å². The van der Waals surface area contributed by atoms with Crippen molar-refractivity contribution in [1.29, 1.82) is 0 Å². The third kappa shape index (κ3) is 4.84. The van der Waals surface area contributed by atoms with Crippen molar-refractivity contribution >= 4 is 33.3 Å². The number of unbranched alkanes of at least 4 members (excludes halogenated alkanes) is 1. The molecule has 3 aromatic rings. The van der Waals surface area contributed by atoms with Gasteiger partial charge in [-0.05, 0) is 31.5 Å². The molecule has 1 atom stereocenters. The zero-order chi connectivity index (χ0) is 20.9. The van der Waals surface area contributed by atoms with E-state index in [2.05, 4.69) is 63.5 Å². The molecule has 0 radical (unpaired) electrons. The van der Waals surface area contributed by atoms with Crippen LogP contribution < -0.4 is 10.2 Å². The monoisotopic (exact) mass is 425 g/mol. The molecule has 1 aromatic carbocycles. The number of fused-ring (bicyclic) bond motifs is 1.